The van der Waals surface area contributed by atoms with Crippen LogP contribution in [0.25, 0.3) is 0 Å². The Balaban J connectivity index is 2.39. The van der Waals surface area contributed by atoms with E-state index in [1.807, 2.05) is 0 Å². The Morgan fingerprint density at radius 3 is 2.22 bits per heavy atom. The minimum atomic E-state index is 0.301. The number of nitrogens with zero attached hydrogens (tertiary/aromatic N) is 2. The van der Waals surface area contributed by atoms with Gasteiger partial charge in [-0.3, -0.25) is 0 Å². The van der Waals surface area contributed by atoms with Crippen LogP contribution in [0.3, 0.4) is 0 Å². The predicted octanol–water partition coefficient (Wildman–Crippen LogP) is 4.33. The second-order valence-electron chi connectivity index (χ2n) is 6.79. The number of anilines is 1. The van der Waals surface area contributed by atoms with E-state index < -0.39 is 0 Å². The Morgan fingerprint density at radius 1 is 1.04 bits per heavy atom. The molecule has 0 radical (unpaired) electrons. The molecule has 0 atom stereocenters. The number of carbonyl (C=O) groups excluding carboxylic acids is 1. The number of benzene rings is 1. The first kappa shape index (κ1) is 19.7. The zero-order valence-electron chi connectivity index (χ0n) is 15.6. The Morgan fingerprint density at radius 2 is 1.70 bits per heavy atom. The van der Waals surface area contributed by atoms with E-state index in [0.29, 0.717) is 11.7 Å². The molecule has 0 amide bonds. The lowest BCUT2D eigenvalue weighted by atomic mass is 10.0. The van der Waals surface area contributed by atoms with Gasteiger partial charge in [-0.2, -0.15) is 0 Å². The van der Waals surface area contributed by atoms with Crippen LogP contribution >= 0.6 is 0 Å². The molecule has 0 aliphatic carbocycles. The fourth-order valence-electron chi connectivity index (χ4n) is 2.70. The highest BCUT2D eigenvalue weighted by molar-refractivity contribution is 5.75. The van der Waals surface area contributed by atoms with Crippen molar-refractivity contribution in [2.75, 3.05) is 38.1 Å². The van der Waals surface area contributed by atoms with Crippen molar-refractivity contribution < 1.29 is 4.79 Å². The predicted molar refractivity (Wildman–Crippen MR) is 100 cm³/mol. The fraction of sp³-hybridized carbons (Fsp3) is 0.650. The summed E-state index contributed by atoms with van der Waals surface area (Å²) in [5, 5.41) is 0. The standard InChI is InChI=1S/C20H34N2O/c1-6-22(20-12-10-19(11-13-20)17(2)3)16-15-21(5)14-8-7-9-18(4)23/h10-13,17H,6-9,14-16H2,1-5H3. The van der Waals surface area contributed by atoms with Crippen LogP contribution < -0.4 is 4.90 Å². The first-order valence-electron chi connectivity index (χ1n) is 8.97. The summed E-state index contributed by atoms with van der Waals surface area (Å²) in [7, 11) is 2.17. The van der Waals surface area contributed by atoms with Gasteiger partial charge in [-0.25, -0.2) is 0 Å². The van der Waals surface area contributed by atoms with Crippen LogP contribution in [0.2, 0.25) is 0 Å². The maximum atomic E-state index is 10.9. The normalized spacial score (nSPS) is 11.3. The van der Waals surface area contributed by atoms with Gasteiger partial charge in [0, 0.05) is 31.7 Å². The Kier molecular flexibility index (Phi) is 8.93. The molecule has 3 heteroatoms. The molecule has 0 aliphatic rings. The lowest BCUT2D eigenvalue weighted by molar-refractivity contribution is -0.117. The van der Waals surface area contributed by atoms with Gasteiger partial charge in [0.25, 0.3) is 0 Å². The van der Waals surface area contributed by atoms with Crippen molar-refractivity contribution in [2.45, 2.75) is 52.9 Å². The van der Waals surface area contributed by atoms with Crippen LogP contribution in [-0.4, -0.2) is 43.9 Å². The van der Waals surface area contributed by atoms with E-state index in [9.17, 15) is 4.79 Å². The highest BCUT2D eigenvalue weighted by atomic mass is 16.1. The summed E-state index contributed by atoms with van der Waals surface area (Å²) in [6.45, 7) is 12.5. The summed E-state index contributed by atoms with van der Waals surface area (Å²) < 4.78 is 0. The van der Waals surface area contributed by atoms with Crippen LogP contribution in [0.4, 0.5) is 5.69 Å². The third-order valence-corrected chi connectivity index (χ3v) is 4.38. The monoisotopic (exact) mass is 318 g/mol. The van der Waals surface area contributed by atoms with Gasteiger partial charge in [0.15, 0.2) is 0 Å². The molecule has 0 heterocycles. The lowest BCUT2D eigenvalue weighted by Crippen LogP contribution is -2.33. The molecule has 0 saturated carbocycles. The number of rotatable bonds is 11. The first-order valence-corrected chi connectivity index (χ1v) is 8.97. The van der Waals surface area contributed by atoms with Crippen molar-refractivity contribution in [1.29, 1.82) is 0 Å². The first-order chi connectivity index (χ1) is 10.9. The molecule has 0 aliphatic heterocycles. The number of hydrogen-bond donors (Lipinski definition) is 0. The molecule has 0 bridgehead atoms. The van der Waals surface area contributed by atoms with E-state index in [-0.39, 0.29) is 0 Å². The summed E-state index contributed by atoms with van der Waals surface area (Å²) in [6, 6.07) is 8.97. The minimum Gasteiger partial charge on any atom is -0.371 e. The maximum Gasteiger partial charge on any atom is 0.129 e. The van der Waals surface area contributed by atoms with E-state index in [4.69, 9.17) is 0 Å². The zero-order chi connectivity index (χ0) is 17.2. The molecule has 0 spiro atoms. The van der Waals surface area contributed by atoms with Gasteiger partial charge in [-0.05, 0) is 63.9 Å². The Labute approximate surface area is 142 Å². The molecule has 0 fully saturated rings. The van der Waals surface area contributed by atoms with E-state index >= 15 is 0 Å². The second kappa shape index (κ2) is 10.4. The number of unbranched alkanes of at least 4 members (excludes halogenated alkanes) is 1. The molecule has 0 unspecified atom stereocenters. The maximum absolute atomic E-state index is 10.9. The van der Waals surface area contributed by atoms with Crippen molar-refractivity contribution in [3.05, 3.63) is 29.8 Å². The van der Waals surface area contributed by atoms with Crippen molar-refractivity contribution >= 4 is 11.5 Å². The quantitative estimate of drug-likeness (QED) is 0.567. The number of ketones is 1. The fourth-order valence-corrected chi connectivity index (χ4v) is 2.70. The number of likely N-dealkylation sites (N-methyl/N-ethyl adjacent to an activating group) is 2. The van der Waals surface area contributed by atoms with E-state index in [2.05, 4.69) is 61.9 Å². The van der Waals surface area contributed by atoms with Gasteiger partial charge in [0.1, 0.15) is 5.78 Å². The van der Waals surface area contributed by atoms with Crippen LogP contribution in [0.15, 0.2) is 24.3 Å². The van der Waals surface area contributed by atoms with Gasteiger partial charge in [-0.1, -0.05) is 26.0 Å². The van der Waals surface area contributed by atoms with Crippen LogP contribution in [0.5, 0.6) is 0 Å². The second-order valence-corrected chi connectivity index (χ2v) is 6.79. The average Bonchev–Trinajstić information content (AvgIpc) is 2.52. The molecular formula is C20H34N2O. The van der Waals surface area contributed by atoms with Gasteiger partial charge in [0.05, 0.1) is 0 Å². The van der Waals surface area contributed by atoms with E-state index in [1.165, 1.54) is 11.3 Å². The summed E-state index contributed by atoms with van der Waals surface area (Å²) in [5.74, 6) is 0.884. The largest absolute Gasteiger partial charge is 0.371 e. The molecule has 1 rings (SSSR count). The smallest absolute Gasteiger partial charge is 0.129 e. The summed E-state index contributed by atoms with van der Waals surface area (Å²) in [4.78, 5) is 15.7. The van der Waals surface area contributed by atoms with Crippen molar-refractivity contribution in [3.63, 3.8) is 0 Å². The number of hydrogen-bond acceptors (Lipinski definition) is 3. The van der Waals surface area contributed by atoms with Crippen LogP contribution in [0.1, 0.15) is 58.4 Å². The lowest BCUT2D eigenvalue weighted by Gasteiger charge is -2.26. The Bertz CT molecular complexity index is 453. The average molecular weight is 319 g/mol. The summed E-state index contributed by atoms with van der Waals surface area (Å²) in [6.07, 6.45) is 2.83. The summed E-state index contributed by atoms with van der Waals surface area (Å²) in [5.41, 5.74) is 2.70. The molecular weight excluding hydrogens is 284 g/mol. The molecule has 3 nitrogen and oxygen atoms in total. The molecule has 23 heavy (non-hydrogen) atoms. The highest BCUT2D eigenvalue weighted by Gasteiger charge is 2.07. The number of Topliss-reactive ketones (excluding diaryl/α,β-unsaturated/α-hetero) is 1. The van der Waals surface area contributed by atoms with E-state index in [1.54, 1.807) is 6.92 Å². The van der Waals surface area contributed by atoms with Gasteiger partial charge >= 0.3 is 0 Å². The molecule has 0 N–H and O–H groups in total. The molecule has 0 saturated heterocycles. The molecule has 0 aromatic heterocycles. The van der Waals surface area contributed by atoms with Crippen molar-refractivity contribution in [1.82, 2.24) is 4.90 Å². The van der Waals surface area contributed by atoms with Crippen LogP contribution in [0, 0.1) is 0 Å². The van der Waals surface area contributed by atoms with Crippen molar-refractivity contribution in [3.8, 4) is 0 Å². The van der Waals surface area contributed by atoms with Gasteiger partial charge < -0.3 is 14.6 Å². The highest BCUT2D eigenvalue weighted by Crippen LogP contribution is 2.20. The summed E-state index contributed by atoms with van der Waals surface area (Å²) >= 11 is 0. The third-order valence-electron chi connectivity index (χ3n) is 4.38. The topological polar surface area (TPSA) is 23.6 Å². The van der Waals surface area contributed by atoms with Crippen molar-refractivity contribution in [2.24, 2.45) is 0 Å². The molecule has 130 valence electrons. The van der Waals surface area contributed by atoms with E-state index in [0.717, 1.165) is 45.4 Å². The van der Waals surface area contributed by atoms with Crippen LogP contribution in [-0.2, 0) is 4.79 Å². The van der Waals surface area contributed by atoms with Gasteiger partial charge in [0.2, 0.25) is 0 Å². The SMILES string of the molecule is CCN(CCN(C)CCCCC(C)=O)c1ccc(C(C)C)cc1. The third kappa shape index (κ3) is 7.65. The Hall–Kier alpha value is -1.35. The zero-order valence-corrected chi connectivity index (χ0v) is 15.6. The van der Waals surface area contributed by atoms with Gasteiger partial charge in [-0.15, -0.1) is 0 Å². The molecule has 1 aromatic rings. The molecule has 1 aromatic carbocycles. The minimum absolute atomic E-state index is 0.301. The number of carbonyl (C=O) groups is 1.